The van der Waals surface area contributed by atoms with Gasteiger partial charge in [-0.2, -0.15) is 0 Å². The predicted molar refractivity (Wildman–Crippen MR) is 67.6 cm³/mol. The van der Waals surface area contributed by atoms with Crippen LogP contribution in [0.15, 0.2) is 0 Å². The maximum absolute atomic E-state index is 12.5. The largest absolute Gasteiger partial charge is 0.298 e. The number of Topliss-reactive ketones (excluding diaryl/α,β-unsaturated/α-hetero) is 1. The molecule has 1 atom stereocenters. The summed E-state index contributed by atoms with van der Waals surface area (Å²) < 4.78 is -0.996. The Hall–Kier alpha value is 0.790. The molecule has 0 aromatic heterocycles. The second-order valence-electron chi connectivity index (χ2n) is 4.89. The highest BCUT2D eigenvalue weighted by atomic mass is 35.5. The number of rotatable bonds is 2. The Morgan fingerprint density at radius 2 is 1.81 bits per heavy atom. The van der Waals surface area contributed by atoms with Gasteiger partial charge in [0.25, 0.3) is 0 Å². The molecule has 1 N–H and O–H groups in total. The molecule has 2 fully saturated rings. The zero-order valence-electron chi connectivity index (χ0n) is 8.66. The van der Waals surface area contributed by atoms with Crippen molar-refractivity contribution in [2.75, 3.05) is 18.3 Å². The second kappa shape index (κ2) is 4.17. The summed E-state index contributed by atoms with van der Waals surface area (Å²) in [6.07, 6.45) is 1.93. The summed E-state index contributed by atoms with van der Waals surface area (Å²) in [5.74, 6) is 0.671. The van der Waals surface area contributed by atoms with Gasteiger partial charge in [-0.05, 0) is 12.8 Å². The molecule has 92 valence electrons. The van der Waals surface area contributed by atoms with Crippen LogP contribution in [-0.4, -0.2) is 28.5 Å². The fourth-order valence-corrected chi connectivity index (χ4v) is 4.19. The molecular weight excluding hydrogens is 292 g/mol. The van der Waals surface area contributed by atoms with Crippen molar-refractivity contribution in [2.24, 2.45) is 10.8 Å². The van der Waals surface area contributed by atoms with Crippen molar-refractivity contribution in [1.29, 1.82) is 0 Å². The second-order valence-corrected chi connectivity index (χ2v) is 6.91. The third-order valence-corrected chi connectivity index (χ3v) is 5.36. The molecule has 16 heavy (non-hydrogen) atoms. The summed E-state index contributed by atoms with van der Waals surface area (Å²) in [7, 11) is 0. The van der Waals surface area contributed by atoms with Crippen molar-refractivity contribution < 1.29 is 4.79 Å². The Morgan fingerprint density at radius 3 is 2.19 bits per heavy atom. The molecule has 0 aromatic rings. The fourth-order valence-electron chi connectivity index (χ4n) is 2.74. The molecule has 2 nitrogen and oxygen atoms in total. The summed E-state index contributed by atoms with van der Waals surface area (Å²) in [4.78, 5) is 12.5. The lowest BCUT2D eigenvalue weighted by atomic mass is 9.79. The van der Waals surface area contributed by atoms with Crippen LogP contribution in [0.3, 0.4) is 0 Å². The highest BCUT2D eigenvalue weighted by Gasteiger charge is 2.60. The molecule has 0 unspecified atom stereocenters. The van der Waals surface area contributed by atoms with Crippen LogP contribution in [-0.2, 0) is 4.79 Å². The fraction of sp³-hybridized carbons (Fsp3) is 0.900. The minimum atomic E-state index is -0.996. The molecule has 1 aliphatic carbocycles. The number of hydrogen-bond acceptors (Lipinski definition) is 2. The Bertz CT molecular complexity index is 316. The van der Waals surface area contributed by atoms with Crippen molar-refractivity contribution in [3.8, 4) is 0 Å². The molecule has 1 saturated heterocycles. The minimum absolute atomic E-state index is 0.126. The summed E-state index contributed by atoms with van der Waals surface area (Å²) in [5, 5.41) is 2.97. The van der Waals surface area contributed by atoms with Crippen LogP contribution in [0.2, 0.25) is 0 Å². The van der Waals surface area contributed by atoms with Crippen molar-refractivity contribution in [2.45, 2.75) is 23.7 Å². The van der Waals surface area contributed by atoms with Gasteiger partial charge in [0, 0.05) is 30.1 Å². The smallest absolute Gasteiger partial charge is 0.169 e. The zero-order valence-corrected chi connectivity index (χ0v) is 11.7. The quantitative estimate of drug-likeness (QED) is 0.628. The molecule has 1 heterocycles. The SMILES string of the molecule is O=C1C(CCl)(CCl)CC[C@]12CNC(Cl)(Cl)C2. The molecule has 0 radical (unpaired) electrons. The van der Waals surface area contributed by atoms with Crippen LogP contribution < -0.4 is 5.32 Å². The third-order valence-electron chi connectivity index (χ3n) is 3.80. The third kappa shape index (κ3) is 1.87. The van der Waals surface area contributed by atoms with Gasteiger partial charge in [-0.3, -0.25) is 10.1 Å². The van der Waals surface area contributed by atoms with Crippen LogP contribution in [0.4, 0.5) is 0 Å². The lowest BCUT2D eigenvalue weighted by Crippen LogP contribution is -2.39. The Morgan fingerprint density at radius 1 is 1.19 bits per heavy atom. The highest BCUT2D eigenvalue weighted by molar-refractivity contribution is 6.48. The van der Waals surface area contributed by atoms with E-state index in [1.165, 1.54) is 0 Å². The maximum Gasteiger partial charge on any atom is 0.169 e. The van der Waals surface area contributed by atoms with Crippen LogP contribution in [0.25, 0.3) is 0 Å². The molecule has 0 aromatic carbocycles. The summed E-state index contributed by atoms with van der Waals surface area (Å²) in [5.41, 5.74) is -1.05. The van der Waals surface area contributed by atoms with E-state index in [0.29, 0.717) is 13.0 Å². The Kier molecular flexibility index (Phi) is 3.44. The number of hydrogen-bond donors (Lipinski definition) is 1. The van der Waals surface area contributed by atoms with Gasteiger partial charge >= 0.3 is 0 Å². The standard InChI is InChI=1S/C10H13Cl4NO/c11-4-9(5-12)2-1-8(7(9)16)3-10(13,14)15-6-8/h15H,1-6H2/t8-/m0/s1. The van der Waals surface area contributed by atoms with Crippen LogP contribution >= 0.6 is 46.4 Å². The van der Waals surface area contributed by atoms with Crippen molar-refractivity contribution in [3.05, 3.63) is 0 Å². The number of alkyl halides is 4. The van der Waals surface area contributed by atoms with E-state index in [1.54, 1.807) is 0 Å². The topological polar surface area (TPSA) is 29.1 Å². The van der Waals surface area contributed by atoms with E-state index in [2.05, 4.69) is 5.32 Å². The van der Waals surface area contributed by atoms with E-state index in [9.17, 15) is 4.79 Å². The molecule has 2 aliphatic rings. The average Bonchev–Trinajstić information content (AvgIpc) is 2.70. The van der Waals surface area contributed by atoms with E-state index < -0.39 is 15.3 Å². The molecule has 1 spiro atoms. The summed E-state index contributed by atoms with van der Waals surface area (Å²) in [6.45, 7) is 0.522. The monoisotopic (exact) mass is 303 g/mol. The normalized spacial score (nSPS) is 36.1. The number of carbonyl (C=O) groups is 1. The number of ketones is 1. The van der Waals surface area contributed by atoms with Gasteiger partial charge in [0.15, 0.2) is 4.46 Å². The zero-order chi connectivity index (χ0) is 12.0. The van der Waals surface area contributed by atoms with Crippen LogP contribution in [0, 0.1) is 10.8 Å². The number of halogens is 4. The van der Waals surface area contributed by atoms with Crippen molar-refractivity contribution in [1.82, 2.24) is 5.32 Å². The first-order valence-electron chi connectivity index (χ1n) is 5.20. The first-order valence-corrected chi connectivity index (χ1v) is 7.02. The van der Waals surface area contributed by atoms with Gasteiger partial charge in [-0.25, -0.2) is 0 Å². The molecule has 0 bridgehead atoms. The van der Waals surface area contributed by atoms with Crippen molar-refractivity contribution >= 4 is 52.2 Å². The molecular formula is C10H13Cl4NO. The van der Waals surface area contributed by atoms with Gasteiger partial charge in [-0.1, -0.05) is 23.2 Å². The lowest BCUT2D eigenvalue weighted by Gasteiger charge is -2.26. The predicted octanol–water partition coefficient (Wildman–Crippen LogP) is 2.92. The van der Waals surface area contributed by atoms with E-state index in [1.807, 2.05) is 0 Å². The van der Waals surface area contributed by atoms with Gasteiger partial charge < -0.3 is 0 Å². The lowest BCUT2D eigenvalue weighted by molar-refractivity contribution is -0.131. The number of nitrogens with one attached hydrogen (secondary N) is 1. The molecule has 1 saturated carbocycles. The van der Waals surface area contributed by atoms with Crippen LogP contribution in [0.5, 0.6) is 0 Å². The molecule has 0 amide bonds. The minimum Gasteiger partial charge on any atom is -0.298 e. The van der Waals surface area contributed by atoms with E-state index in [-0.39, 0.29) is 17.5 Å². The van der Waals surface area contributed by atoms with E-state index in [4.69, 9.17) is 46.4 Å². The maximum atomic E-state index is 12.5. The molecule has 1 aliphatic heterocycles. The van der Waals surface area contributed by atoms with Gasteiger partial charge in [0.05, 0.1) is 5.41 Å². The molecule has 2 rings (SSSR count). The van der Waals surface area contributed by atoms with E-state index >= 15 is 0 Å². The summed E-state index contributed by atoms with van der Waals surface area (Å²) in [6, 6.07) is 0. The van der Waals surface area contributed by atoms with Gasteiger partial charge in [0.1, 0.15) is 5.78 Å². The number of carbonyl (C=O) groups excluding carboxylic acids is 1. The van der Waals surface area contributed by atoms with Crippen molar-refractivity contribution in [3.63, 3.8) is 0 Å². The molecule has 6 heteroatoms. The van der Waals surface area contributed by atoms with Gasteiger partial charge in [0.2, 0.25) is 0 Å². The van der Waals surface area contributed by atoms with Crippen LogP contribution in [0.1, 0.15) is 19.3 Å². The first-order chi connectivity index (χ1) is 7.40. The summed E-state index contributed by atoms with van der Waals surface area (Å²) >= 11 is 23.8. The first kappa shape index (κ1) is 13.2. The Labute approximate surface area is 115 Å². The van der Waals surface area contributed by atoms with Gasteiger partial charge in [-0.15, -0.1) is 23.2 Å². The Balaban J connectivity index is 2.25. The average molecular weight is 305 g/mol. The van der Waals surface area contributed by atoms with E-state index in [0.717, 1.165) is 12.8 Å². The highest BCUT2D eigenvalue weighted by Crippen LogP contribution is 2.54.